The maximum atomic E-state index is 13.5. The monoisotopic (exact) mass is 450 g/mol. The highest BCUT2D eigenvalue weighted by Gasteiger charge is 2.21. The second-order valence-electron chi connectivity index (χ2n) is 6.35. The lowest BCUT2D eigenvalue weighted by atomic mass is 10.2. The first-order valence-electron chi connectivity index (χ1n) is 8.41. The number of hydrogen-bond donors (Lipinski definition) is 3. The van der Waals surface area contributed by atoms with Gasteiger partial charge in [0.05, 0.1) is 16.1 Å². The Balaban J connectivity index is 1.64. The zero-order valence-corrected chi connectivity index (χ0v) is 16.8. The van der Waals surface area contributed by atoms with Crippen LogP contribution >= 0.6 is 11.6 Å². The van der Waals surface area contributed by atoms with E-state index in [0.29, 0.717) is 46.1 Å². The number of benzene rings is 2. The number of nitrogen functional groups attached to an aromatic ring is 1. The molecule has 0 fully saturated rings. The van der Waals surface area contributed by atoms with Gasteiger partial charge in [0, 0.05) is 11.3 Å². The quantitative estimate of drug-likeness (QED) is 0.407. The molecule has 0 atom stereocenters. The molecule has 154 valence electrons. The Morgan fingerprint density at radius 3 is 2.47 bits per heavy atom. The summed E-state index contributed by atoms with van der Waals surface area (Å²) in [7, 11) is -4.24. The summed E-state index contributed by atoms with van der Waals surface area (Å²) in [6.07, 6.45) is 0. The fraction of sp³-hybridized carbons (Fsp3) is 0.0556. The van der Waals surface area contributed by atoms with Crippen LogP contribution in [0.4, 0.5) is 20.3 Å². The molecule has 0 aliphatic carbocycles. The normalized spacial score (nSPS) is 11.7. The molecule has 2 aromatic heterocycles. The van der Waals surface area contributed by atoms with E-state index in [1.165, 1.54) is 12.1 Å². The summed E-state index contributed by atoms with van der Waals surface area (Å²) in [5, 5.41) is 6.86. The number of aromatic nitrogens is 4. The summed E-state index contributed by atoms with van der Waals surface area (Å²) in [5.74, 6) is -1.81. The zero-order valence-electron chi connectivity index (χ0n) is 15.2. The van der Waals surface area contributed by atoms with Gasteiger partial charge in [-0.1, -0.05) is 11.6 Å². The lowest BCUT2D eigenvalue weighted by Gasteiger charge is -2.10. The van der Waals surface area contributed by atoms with E-state index in [2.05, 4.69) is 24.9 Å². The Bertz CT molecular complexity index is 1390. The molecule has 0 saturated heterocycles. The van der Waals surface area contributed by atoms with Crippen LogP contribution in [0.5, 0.6) is 0 Å². The summed E-state index contributed by atoms with van der Waals surface area (Å²) in [4.78, 5) is 8.17. The van der Waals surface area contributed by atoms with Crippen LogP contribution < -0.4 is 10.5 Å². The molecule has 0 spiro atoms. The van der Waals surface area contributed by atoms with E-state index in [-0.39, 0.29) is 5.69 Å². The van der Waals surface area contributed by atoms with Gasteiger partial charge in [-0.2, -0.15) is 5.10 Å². The third-order valence-electron chi connectivity index (χ3n) is 4.28. The molecular weight excluding hydrogens is 438 g/mol. The number of aromatic amines is 1. The second-order valence-corrected chi connectivity index (χ2v) is 8.41. The molecule has 2 heterocycles. The van der Waals surface area contributed by atoms with Crippen LogP contribution in [0.2, 0.25) is 5.02 Å². The number of sulfonamides is 1. The number of rotatable bonds is 4. The first-order valence-corrected chi connectivity index (χ1v) is 10.3. The van der Waals surface area contributed by atoms with E-state index >= 15 is 0 Å². The highest BCUT2D eigenvalue weighted by Crippen LogP contribution is 2.28. The van der Waals surface area contributed by atoms with Crippen molar-refractivity contribution in [3.05, 3.63) is 58.7 Å². The number of fused-ring (bicyclic) bond motifs is 1. The van der Waals surface area contributed by atoms with Crippen LogP contribution in [-0.2, 0) is 10.0 Å². The van der Waals surface area contributed by atoms with Crippen LogP contribution in [0.3, 0.4) is 0 Å². The minimum Gasteiger partial charge on any atom is -0.383 e. The van der Waals surface area contributed by atoms with E-state index in [0.717, 1.165) is 0 Å². The van der Waals surface area contributed by atoms with Gasteiger partial charge in [0.1, 0.15) is 10.7 Å². The predicted molar refractivity (Wildman–Crippen MR) is 108 cm³/mol. The van der Waals surface area contributed by atoms with E-state index < -0.39 is 31.6 Å². The first kappa shape index (κ1) is 20.0. The van der Waals surface area contributed by atoms with E-state index in [1.807, 2.05) is 0 Å². The topological polar surface area (TPSA) is 127 Å². The fourth-order valence-electron chi connectivity index (χ4n) is 2.86. The number of aryl methyl sites for hydroxylation is 1. The van der Waals surface area contributed by atoms with Crippen molar-refractivity contribution >= 4 is 44.2 Å². The molecule has 0 radical (unpaired) electrons. The molecule has 30 heavy (non-hydrogen) atoms. The number of halogens is 3. The van der Waals surface area contributed by atoms with Crippen molar-refractivity contribution in [3.63, 3.8) is 0 Å². The van der Waals surface area contributed by atoms with Crippen LogP contribution in [0.1, 0.15) is 5.69 Å². The van der Waals surface area contributed by atoms with Gasteiger partial charge in [0.15, 0.2) is 23.1 Å². The van der Waals surface area contributed by atoms with Gasteiger partial charge in [-0.3, -0.25) is 9.82 Å². The molecule has 0 bridgehead atoms. The minimum atomic E-state index is -4.24. The van der Waals surface area contributed by atoms with Gasteiger partial charge >= 0.3 is 0 Å². The lowest BCUT2D eigenvalue weighted by molar-refractivity contribution is 0.504. The van der Waals surface area contributed by atoms with Crippen LogP contribution in [0.25, 0.3) is 22.4 Å². The van der Waals surface area contributed by atoms with E-state index in [9.17, 15) is 17.2 Å². The van der Waals surface area contributed by atoms with Gasteiger partial charge < -0.3 is 5.73 Å². The Hall–Kier alpha value is -3.31. The Kier molecular flexibility index (Phi) is 4.79. The van der Waals surface area contributed by atoms with E-state index in [4.69, 9.17) is 17.3 Å². The molecule has 0 aliphatic rings. The summed E-state index contributed by atoms with van der Waals surface area (Å²) in [5.41, 5.74) is 7.64. The predicted octanol–water partition coefficient (Wildman–Crippen LogP) is 3.64. The van der Waals surface area contributed by atoms with Crippen molar-refractivity contribution in [2.75, 3.05) is 10.5 Å². The van der Waals surface area contributed by atoms with Gasteiger partial charge in [0.25, 0.3) is 10.0 Å². The molecule has 0 aliphatic heterocycles. The molecule has 4 aromatic rings. The number of nitrogens with one attached hydrogen (secondary N) is 2. The summed E-state index contributed by atoms with van der Waals surface area (Å²) in [6.45, 7) is 1.77. The van der Waals surface area contributed by atoms with Crippen molar-refractivity contribution in [1.29, 1.82) is 0 Å². The molecular formula is C18H13ClF2N6O2S. The standard InChI is InChI=1S/C18H13ClF2N6O2S/c1-8-15-16(22)25-26-18(15)24-17(23-8)9-2-4-10(5-3-9)27-30(28,29)14-7-13(21)12(20)6-11(14)19/h2-7,27H,1H3,(H3,22,23,24,25,26). The largest absolute Gasteiger partial charge is 0.383 e. The van der Waals surface area contributed by atoms with Crippen molar-refractivity contribution < 1.29 is 17.2 Å². The summed E-state index contributed by atoms with van der Waals surface area (Å²) in [6, 6.07) is 7.27. The number of nitrogens with two attached hydrogens (primary N) is 1. The summed E-state index contributed by atoms with van der Waals surface area (Å²) >= 11 is 5.76. The Labute approximate surface area is 174 Å². The SMILES string of the molecule is Cc1nc(-c2ccc(NS(=O)(=O)c3cc(F)c(F)cc3Cl)cc2)nc2n[nH]c(N)c12. The zero-order chi connectivity index (χ0) is 21.6. The molecule has 0 unspecified atom stereocenters. The molecule has 0 saturated carbocycles. The number of anilines is 2. The third-order valence-corrected chi connectivity index (χ3v) is 6.13. The molecule has 0 amide bonds. The fourth-order valence-corrected chi connectivity index (χ4v) is 4.45. The van der Waals surface area contributed by atoms with Gasteiger partial charge in [-0.05, 0) is 43.3 Å². The van der Waals surface area contributed by atoms with Crippen molar-refractivity contribution in [2.45, 2.75) is 11.8 Å². The lowest BCUT2D eigenvalue weighted by Crippen LogP contribution is -2.14. The number of hydrogen-bond acceptors (Lipinski definition) is 6. The van der Waals surface area contributed by atoms with Gasteiger partial charge in [-0.25, -0.2) is 27.2 Å². The Morgan fingerprint density at radius 2 is 1.77 bits per heavy atom. The average Bonchev–Trinajstić information content (AvgIpc) is 3.06. The molecule has 12 heteroatoms. The van der Waals surface area contributed by atoms with Crippen molar-refractivity contribution in [3.8, 4) is 11.4 Å². The highest BCUT2D eigenvalue weighted by atomic mass is 35.5. The van der Waals surface area contributed by atoms with Gasteiger partial charge in [0.2, 0.25) is 0 Å². The maximum absolute atomic E-state index is 13.5. The molecule has 2 aromatic carbocycles. The molecule has 4 rings (SSSR count). The number of H-pyrrole nitrogens is 1. The minimum absolute atomic E-state index is 0.182. The third kappa shape index (κ3) is 3.53. The van der Waals surface area contributed by atoms with Crippen LogP contribution in [0, 0.1) is 18.6 Å². The molecule has 8 nitrogen and oxygen atoms in total. The Morgan fingerprint density at radius 1 is 1.10 bits per heavy atom. The van der Waals surface area contributed by atoms with E-state index in [1.54, 1.807) is 19.1 Å². The second kappa shape index (κ2) is 7.18. The van der Waals surface area contributed by atoms with Gasteiger partial charge in [-0.15, -0.1) is 0 Å². The smallest absolute Gasteiger partial charge is 0.263 e. The number of nitrogens with zero attached hydrogens (tertiary/aromatic N) is 3. The maximum Gasteiger partial charge on any atom is 0.263 e. The van der Waals surface area contributed by atoms with Crippen molar-refractivity contribution in [2.24, 2.45) is 0 Å². The van der Waals surface area contributed by atoms with Crippen LogP contribution in [-0.4, -0.2) is 28.6 Å². The van der Waals surface area contributed by atoms with Crippen molar-refractivity contribution in [1.82, 2.24) is 20.2 Å². The highest BCUT2D eigenvalue weighted by molar-refractivity contribution is 7.92. The summed E-state index contributed by atoms with van der Waals surface area (Å²) < 4.78 is 53.9. The average molecular weight is 451 g/mol. The molecule has 4 N–H and O–H groups in total. The van der Waals surface area contributed by atoms with Crippen LogP contribution in [0.15, 0.2) is 41.3 Å². The first-order chi connectivity index (χ1) is 14.2.